The average Bonchev–Trinajstić information content (AvgIpc) is 2.10. The lowest BCUT2D eigenvalue weighted by atomic mass is 10.3. The maximum Gasteiger partial charge on any atom is 0.259 e. The van der Waals surface area contributed by atoms with E-state index in [9.17, 15) is 8.78 Å². The minimum atomic E-state index is -2.47. The number of alkyl halides is 2. The minimum absolute atomic E-state index is 0.215. The molecule has 0 radical (unpaired) electrons. The fourth-order valence-electron chi connectivity index (χ4n) is 0.808. The second kappa shape index (κ2) is 2.42. The summed E-state index contributed by atoms with van der Waals surface area (Å²) in [6.07, 6.45) is -1.40. The molecule has 0 amide bonds. The van der Waals surface area contributed by atoms with E-state index in [1.165, 1.54) is 7.05 Å². The summed E-state index contributed by atoms with van der Waals surface area (Å²) in [5.41, 5.74) is 2.32. The Bertz CT molecular complexity index is 160. The van der Waals surface area contributed by atoms with Gasteiger partial charge in [-0.3, -0.25) is 5.43 Å². The highest BCUT2D eigenvalue weighted by molar-refractivity contribution is 5.04. The summed E-state index contributed by atoms with van der Waals surface area (Å²) in [6.45, 7) is 0. The van der Waals surface area contributed by atoms with Gasteiger partial charge in [0.05, 0.1) is 0 Å². The maximum absolute atomic E-state index is 11.9. The summed E-state index contributed by atoms with van der Waals surface area (Å²) in [4.78, 5) is 0. The Morgan fingerprint density at radius 3 is 2.60 bits per heavy atom. The molecular formula is C5H8F2N2O. The quantitative estimate of drug-likeness (QED) is 0.570. The van der Waals surface area contributed by atoms with E-state index in [4.69, 9.17) is 5.11 Å². The lowest BCUT2D eigenvalue weighted by Gasteiger charge is -2.17. The third-order valence-corrected chi connectivity index (χ3v) is 1.32. The summed E-state index contributed by atoms with van der Waals surface area (Å²) in [7, 11) is 1.44. The highest BCUT2D eigenvalue weighted by Crippen LogP contribution is 2.13. The van der Waals surface area contributed by atoms with Gasteiger partial charge in [0.15, 0.2) is 5.88 Å². The van der Waals surface area contributed by atoms with Gasteiger partial charge in [-0.05, 0) is 0 Å². The van der Waals surface area contributed by atoms with Crippen LogP contribution in [-0.4, -0.2) is 29.6 Å². The molecule has 0 spiro atoms. The van der Waals surface area contributed by atoms with Crippen molar-refractivity contribution in [3.63, 3.8) is 0 Å². The first-order valence-corrected chi connectivity index (χ1v) is 2.79. The van der Waals surface area contributed by atoms with Crippen LogP contribution in [0, 0.1) is 0 Å². The second-order valence-corrected chi connectivity index (χ2v) is 2.10. The molecule has 58 valence electrons. The van der Waals surface area contributed by atoms with E-state index in [2.05, 4.69) is 5.43 Å². The van der Waals surface area contributed by atoms with Gasteiger partial charge in [0.25, 0.3) is 6.43 Å². The molecule has 0 aromatic carbocycles. The number of hydrogen-bond acceptors (Lipinski definition) is 3. The summed E-state index contributed by atoms with van der Waals surface area (Å²) in [5, 5.41) is 9.85. The van der Waals surface area contributed by atoms with Crippen molar-refractivity contribution < 1.29 is 13.9 Å². The highest BCUT2D eigenvalue weighted by atomic mass is 19.3. The van der Waals surface area contributed by atoms with Gasteiger partial charge in [0.1, 0.15) is 6.04 Å². The molecule has 1 aliphatic heterocycles. The molecule has 0 saturated heterocycles. The van der Waals surface area contributed by atoms with Crippen LogP contribution in [0.4, 0.5) is 8.78 Å². The number of nitrogens with zero attached hydrogens (tertiary/aromatic N) is 1. The number of halogens is 2. The lowest BCUT2D eigenvalue weighted by Crippen LogP contribution is -2.38. The summed E-state index contributed by atoms with van der Waals surface area (Å²) >= 11 is 0. The van der Waals surface area contributed by atoms with Crippen LogP contribution in [0.5, 0.6) is 0 Å². The van der Waals surface area contributed by atoms with Crippen LogP contribution < -0.4 is 5.43 Å². The molecule has 1 aliphatic rings. The topological polar surface area (TPSA) is 35.5 Å². The molecule has 1 heterocycles. The van der Waals surface area contributed by atoms with Gasteiger partial charge in [-0.1, -0.05) is 0 Å². The van der Waals surface area contributed by atoms with Crippen molar-refractivity contribution in [3.05, 3.63) is 12.0 Å². The number of aliphatic hydroxyl groups excluding tert-OH is 1. The van der Waals surface area contributed by atoms with Crippen molar-refractivity contribution >= 4 is 0 Å². The van der Waals surface area contributed by atoms with Gasteiger partial charge in [-0.25, -0.2) is 13.8 Å². The zero-order valence-corrected chi connectivity index (χ0v) is 5.38. The maximum atomic E-state index is 11.9. The van der Waals surface area contributed by atoms with Gasteiger partial charge in [0, 0.05) is 13.1 Å². The molecule has 0 fully saturated rings. The Morgan fingerprint density at radius 1 is 1.80 bits per heavy atom. The molecule has 5 heteroatoms. The number of hydrogen-bond donors (Lipinski definition) is 2. The Morgan fingerprint density at radius 2 is 2.40 bits per heavy atom. The number of aliphatic hydroxyl groups is 1. The molecule has 1 unspecified atom stereocenters. The van der Waals surface area contributed by atoms with Crippen LogP contribution in [0.2, 0.25) is 0 Å². The molecule has 3 nitrogen and oxygen atoms in total. The third kappa shape index (κ3) is 1.18. The molecule has 1 atom stereocenters. The first-order chi connectivity index (χ1) is 4.61. The molecule has 0 saturated carbocycles. The van der Waals surface area contributed by atoms with E-state index in [0.29, 0.717) is 0 Å². The van der Waals surface area contributed by atoms with Crippen LogP contribution in [-0.2, 0) is 0 Å². The van der Waals surface area contributed by atoms with E-state index in [1.54, 1.807) is 0 Å². The second-order valence-electron chi connectivity index (χ2n) is 2.10. The molecular weight excluding hydrogens is 142 g/mol. The van der Waals surface area contributed by atoms with Gasteiger partial charge in [-0.2, -0.15) is 0 Å². The largest absolute Gasteiger partial charge is 0.494 e. The van der Waals surface area contributed by atoms with E-state index in [-0.39, 0.29) is 5.88 Å². The molecule has 10 heavy (non-hydrogen) atoms. The van der Waals surface area contributed by atoms with Gasteiger partial charge >= 0.3 is 0 Å². The van der Waals surface area contributed by atoms with Gasteiger partial charge < -0.3 is 5.11 Å². The minimum Gasteiger partial charge on any atom is -0.494 e. The number of nitrogens with one attached hydrogen (secondary N) is 1. The normalized spacial score (nSPS) is 26.8. The standard InChI is InChI=1S/C5H8F2N2O/c1-9-3(5(6)7)2-4(10)8-9/h2-3,5,8,10H,1H3. The molecule has 0 aromatic rings. The van der Waals surface area contributed by atoms with Crippen LogP contribution in [0.25, 0.3) is 0 Å². The van der Waals surface area contributed by atoms with Crippen LogP contribution in [0.15, 0.2) is 12.0 Å². The lowest BCUT2D eigenvalue weighted by molar-refractivity contribution is 0.0523. The Labute approximate surface area is 56.9 Å². The zero-order chi connectivity index (χ0) is 7.72. The fourth-order valence-corrected chi connectivity index (χ4v) is 0.808. The summed E-state index contributed by atoms with van der Waals surface area (Å²) < 4.78 is 23.9. The van der Waals surface area contributed by atoms with Gasteiger partial charge in [-0.15, -0.1) is 0 Å². The Kier molecular flexibility index (Phi) is 1.76. The SMILES string of the molecule is CN1NC(O)=CC1C(F)F. The van der Waals surface area contributed by atoms with E-state index in [0.717, 1.165) is 11.1 Å². The predicted molar refractivity (Wildman–Crippen MR) is 31.4 cm³/mol. The van der Waals surface area contributed by atoms with Crippen molar-refractivity contribution in [2.24, 2.45) is 0 Å². The number of hydrazine groups is 1. The summed E-state index contributed by atoms with van der Waals surface area (Å²) in [5.74, 6) is -0.215. The smallest absolute Gasteiger partial charge is 0.259 e. The molecule has 1 rings (SSSR count). The monoisotopic (exact) mass is 150 g/mol. The molecule has 2 N–H and O–H groups in total. The van der Waals surface area contributed by atoms with Crippen molar-refractivity contribution in [3.8, 4) is 0 Å². The molecule has 0 aliphatic carbocycles. The Balaban J connectivity index is 2.60. The Hall–Kier alpha value is -0.840. The number of rotatable bonds is 1. The van der Waals surface area contributed by atoms with Crippen LogP contribution in [0.3, 0.4) is 0 Å². The average molecular weight is 150 g/mol. The third-order valence-electron chi connectivity index (χ3n) is 1.32. The molecule has 0 bridgehead atoms. The first kappa shape index (κ1) is 7.27. The fraction of sp³-hybridized carbons (Fsp3) is 0.600. The van der Waals surface area contributed by atoms with E-state index < -0.39 is 12.5 Å². The van der Waals surface area contributed by atoms with Crippen LogP contribution >= 0.6 is 0 Å². The first-order valence-electron chi connectivity index (χ1n) is 2.79. The van der Waals surface area contributed by atoms with Crippen molar-refractivity contribution in [1.82, 2.24) is 10.4 Å². The van der Waals surface area contributed by atoms with Crippen molar-refractivity contribution in [2.75, 3.05) is 7.05 Å². The van der Waals surface area contributed by atoms with E-state index >= 15 is 0 Å². The van der Waals surface area contributed by atoms with Crippen molar-refractivity contribution in [1.29, 1.82) is 0 Å². The van der Waals surface area contributed by atoms with Crippen molar-refractivity contribution in [2.45, 2.75) is 12.5 Å². The van der Waals surface area contributed by atoms with E-state index in [1.807, 2.05) is 0 Å². The zero-order valence-electron chi connectivity index (χ0n) is 5.38. The van der Waals surface area contributed by atoms with Gasteiger partial charge in [0.2, 0.25) is 0 Å². The highest BCUT2D eigenvalue weighted by Gasteiger charge is 2.28. The number of likely N-dealkylation sites (N-methyl/N-ethyl adjacent to an activating group) is 1. The summed E-state index contributed by atoms with van der Waals surface area (Å²) in [6, 6.07) is -1.01. The molecule has 0 aromatic heterocycles. The predicted octanol–water partition coefficient (Wildman–Crippen LogP) is 0.469. The van der Waals surface area contributed by atoms with Crippen LogP contribution in [0.1, 0.15) is 0 Å².